The summed E-state index contributed by atoms with van der Waals surface area (Å²) in [4.78, 5) is 11.9. The smallest absolute Gasteiger partial charge is 0.187 e. The first-order chi connectivity index (χ1) is 9.69. The molecule has 0 radical (unpaired) electrons. The highest BCUT2D eigenvalue weighted by atomic mass is 79.9. The molecule has 2 rings (SSSR count). The maximum Gasteiger partial charge on any atom is 0.187 e. The van der Waals surface area contributed by atoms with Crippen LogP contribution in [0.5, 0.6) is 0 Å². The van der Waals surface area contributed by atoms with Crippen LogP contribution in [0.15, 0.2) is 65.3 Å². The normalized spacial score (nSPS) is 10.7. The highest BCUT2D eigenvalue weighted by molar-refractivity contribution is 9.10. The van der Waals surface area contributed by atoms with Gasteiger partial charge < -0.3 is 5.32 Å². The van der Waals surface area contributed by atoms with Crippen LogP contribution < -0.4 is 5.32 Å². The van der Waals surface area contributed by atoms with Gasteiger partial charge in [-0.15, -0.1) is 0 Å². The molecule has 0 unspecified atom stereocenters. The Morgan fingerprint density at radius 1 is 1.20 bits per heavy atom. The molecule has 20 heavy (non-hydrogen) atoms. The molecule has 0 aromatic heterocycles. The van der Waals surface area contributed by atoms with Gasteiger partial charge in [-0.25, -0.2) is 0 Å². The van der Waals surface area contributed by atoms with E-state index < -0.39 is 0 Å². The number of carbonyl (C=O) groups is 1. The van der Waals surface area contributed by atoms with Crippen molar-refractivity contribution >= 4 is 27.4 Å². The van der Waals surface area contributed by atoms with Crippen LogP contribution in [-0.4, -0.2) is 5.78 Å². The standard InChI is InChI=1S/C17H16BrNO/c1-2-13-6-8-16(9-7-13)19-11-10-17(20)14-4-3-5-15(18)12-14/h3-12,19H,2H2,1H3/b11-10+. The summed E-state index contributed by atoms with van der Waals surface area (Å²) in [6, 6.07) is 15.5. The molecule has 2 nitrogen and oxygen atoms in total. The van der Waals surface area contributed by atoms with Crippen molar-refractivity contribution in [2.75, 3.05) is 5.32 Å². The number of nitrogens with one attached hydrogen (secondary N) is 1. The third-order valence-electron chi connectivity index (χ3n) is 2.96. The fraction of sp³-hybridized carbons (Fsp3) is 0.118. The monoisotopic (exact) mass is 329 g/mol. The first-order valence-corrected chi connectivity index (χ1v) is 7.30. The third-order valence-corrected chi connectivity index (χ3v) is 3.45. The molecular formula is C17H16BrNO. The van der Waals surface area contributed by atoms with Crippen molar-refractivity contribution in [2.24, 2.45) is 0 Å². The lowest BCUT2D eigenvalue weighted by molar-refractivity contribution is 0.104. The largest absolute Gasteiger partial charge is 0.362 e. The Hall–Kier alpha value is -1.87. The number of allylic oxidation sites excluding steroid dienone is 1. The van der Waals surface area contributed by atoms with E-state index in [2.05, 4.69) is 40.3 Å². The second kappa shape index (κ2) is 7.06. The van der Waals surface area contributed by atoms with Gasteiger partial charge >= 0.3 is 0 Å². The van der Waals surface area contributed by atoms with Crippen molar-refractivity contribution in [1.82, 2.24) is 0 Å². The minimum Gasteiger partial charge on any atom is -0.362 e. The predicted octanol–water partition coefficient (Wildman–Crippen LogP) is 4.82. The summed E-state index contributed by atoms with van der Waals surface area (Å²) >= 11 is 3.36. The SMILES string of the molecule is CCc1ccc(N/C=C/C(=O)c2cccc(Br)c2)cc1. The van der Waals surface area contributed by atoms with Crippen LogP contribution in [0.4, 0.5) is 5.69 Å². The highest BCUT2D eigenvalue weighted by Gasteiger charge is 2.01. The second-order valence-electron chi connectivity index (χ2n) is 4.40. The van der Waals surface area contributed by atoms with Crippen molar-refractivity contribution in [3.63, 3.8) is 0 Å². The van der Waals surface area contributed by atoms with Crippen LogP contribution in [0.1, 0.15) is 22.8 Å². The van der Waals surface area contributed by atoms with Crippen LogP contribution in [-0.2, 0) is 6.42 Å². The molecule has 0 aliphatic heterocycles. The predicted molar refractivity (Wildman–Crippen MR) is 87.1 cm³/mol. The molecule has 0 spiro atoms. The molecule has 0 amide bonds. The first kappa shape index (κ1) is 14.5. The Balaban J connectivity index is 1.97. The number of hydrogen-bond acceptors (Lipinski definition) is 2. The summed E-state index contributed by atoms with van der Waals surface area (Å²) < 4.78 is 0.903. The number of ketones is 1. The third kappa shape index (κ3) is 4.07. The maximum absolute atomic E-state index is 11.9. The van der Waals surface area contributed by atoms with Crippen LogP contribution in [0.3, 0.4) is 0 Å². The van der Waals surface area contributed by atoms with Crippen LogP contribution in [0, 0.1) is 0 Å². The molecule has 0 fully saturated rings. The lowest BCUT2D eigenvalue weighted by Crippen LogP contribution is -1.96. The number of rotatable bonds is 5. The van der Waals surface area contributed by atoms with Crippen molar-refractivity contribution in [3.05, 3.63) is 76.4 Å². The molecule has 0 bridgehead atoms. The van der Waals surface area contributed by atoms with Crippen LogP contribution >= 0.6 is 15.9 Å². The molecule has 2 aromatic carbocycles. The van der Waals surface area contributed by atoms with Crippen molar-refractivity contribution in [3.8, 4) is 0 Å². The summed E-state index contributed by atoms with van der Waals surface area (Å²) in [6.45, 7) is 2.12. The summed E-state index contributed by atoms with van der Waals surface area (Å²) in [5.41, 5.74) is 2.93. The van der Waals surface area contributed by atoms with Gasteiger partial charge in [0, 0.05) is 28.0 Å². The minimum atomic E-state index is -0.0241. The highest BCUT2D eigenvalue weighted by Crippen LogP contribution is 2.13. The number of halogens is 1. The number of benzene rings is 2. The van der Waals surface area contributed by atoms with E-state index >= 15 is 0 Å². The van der Waals surface area contributed by atoms with E-state index in [9.17, 15) is 4.79 Å². The maximum atomic E-state index is 11.9. The molecule has 102 valence electrons. The number of aryl methyl sites for hydroxylation is 1. The Kier molecular flexibility index (Phi) is 5.13. The van der Waals surface area contributed by atoms with Gasteiger partial charge in [-0.1, -0.05) is 47.1 Å². The lowest BCUT2D eigenvalue weighted by Gasteiger charge is -2.02. The average Bonchev–Trinajstić information content (AvgIpc) is 2.48. The summed E-state index contributed by atoms with van der Waals surface area (Å²) in [5, 5.41) is 3.10. The Morgan fingerprint density at radius 2 is 1.95 bits per heavy atom. The Morgan fingerprint density at radius 3 is 2.60 bits per heavy atom. The van der Waals surface area contributed by atoms with Gasteiger partial charge in [-0.05, 0) is 36.2 Å². The zero-order valence-electron chi connectivity index (χ0n) is 11.3. The lowest BCUT2D eigenvalue weighted by atomic mass is 10.1. The van der Waals surface area contributed by atoms with Gasteiger partial charge in [0.1, 0.15) is 0 Å². The summed E-state index contributed by atoms with van der Waals surface area (Å²) in [5.74, 6) is -0.0241. The van der Waals surface area contributed by atoms with E-state index in [0.717, 1.165) is 16.6 Å². The number of carbonyl (C=O) groups excluding carboxylic acids is 1. The Labute approximate surface area is 127 Å². The van der Waals surface area contributed by atoms with E-state index in [1.54, 1.807) is 12.3 Å². The average molecular weight is 330 g/mol. The van der Waals surface area contributed by atoms with E-state index in [4.69, 9.17) is 0 Å². The van der Waals surface area contributed by atoms with Gasteiger partial charge in [0.2, 0.25) is 0 Å². The van der Waals surface area contributed by atoms with E-state index in [1.165, 1.54) is 11.6 Å². The molecule has 0 saturated heterocycles. The van der Waals surface area contributed by atoms with Crippen LogP contribution in [0.25, 0.3) is 0 Å². The summed E-state index contributed by atoms with van der Waals surface area (Å²) in [7, 11) is 0. The quantitative estimate of drug-likeness (QED) is 0.629. The molecule has 0 atom stereocenters. The van der Waals surface area contributed by atoms with Gasteiger partial charge in [0.05, 0.1) is 0 Å². The Bertz CT molecular complexity index is 617. The number of hydrogen-bond donors (Lipinski definition) is 1. The van der Waals surface area contributed by atoms with Gasteiger partial charge in [0.25, 0.3) is 0 Å². The fourth-order valence-corrected chi connectivity index (χ4v) is 2.19. The number of anilines is 1. The second-order valence-corrected chi connectivity index (χ2v) is 5.32. The topological polar surface area (TPSA) is 29.1 Å². The van der Waals surface area contributed by atoms with E-state index in [-0.39, 0.29) is 5.78 Å². The molecule has 1 N–H and O–H groups in total. The molecular weight excluding hydrogens is 314 g/mol. The van der Waals surface area contributed by atoms with Gasteiger partial charge in [0.15, 0.2) is 5.78 Å². The molecule has 0 aliphatic carbocycles. The minimum absolute atomic E-state index is 0.0241. The molecule has 0 heterocycles. The van der Waals surface area contributed by atoms with Gasteiger partial charge in [-0.2, -0.15) is 0 Å². The van der Waals surface area contributed by atoms with Crippen molar-refractivity contribution in [2.45, 2.75) is 13.3 Å². The fourth-order valence-electron chi connectivity index (χ4n) is 1.79. The molecule has 2 aromatic rings. The first-order valence-electron chi connectivity index (χ1n) is 6.51. The molecule has 0 aliphatic rings. The summed E-state index contributed by atoms with van der Waals surface area (Å²) in [6.07, 6.45) is 4.23. The van der Waals surface area contributed by atoms with Crippen molar-refractivity contribution in [1.29, 1.82) is 0 Å². The molecule has 0 saturated carbocycles. The zero-order valence-corrected chi connectivity index (χ0v) is 12.9. The zero-order chi connectivity index (χ0) is 14.4. The van der Waals surface area contributed by atoms with E-state index in [0.29, 0.717) is 5.56 Å². The van der Waals surface area contributed by atoms with Gasteiger partial charge in [-0.3, -0.25) is 4.79 Å². The van der Waals surface area contributed by atoms with E-state index in [1.807, 2.05) is 30.3 Å². The molecule has 3 heteroatoms. The van der Waals surface area contributed by atoms with Crippen molar-refractivity contribution < 1.29 is 4.79 Å². The van der Waals surface area contributed by atoms with Crippen LogP contribution in [0.2, 0.25) is 0 Å².